The molecule has 2 N–H and O–H groups in total. The zero-order valence-electron chi connectivity index (χ0n) is 17.3. The van der Waals surface area contributed by atoms with Gasteiger partial charge in [0.1, 0.15) is 5.52 Å². The normalized spacial score (nSPS) is 10.5. The van der Waals surface area contributed by atoms with Crippen molar-refractivity contribution in [3.63, 3.8) is 0 Å². The molecule has 3 amide bonds. The molecule has 1 heterocycles. The van der Waals surface area contributed by atoms with Crippen molar-refractivity contribution < 1.29 is 19.1 Å². The number of rotatable bonds is 7. The molecular formula is C20H24N6O4. The summed E-state index contributed by atoms with van der Waals surface area (Å²) in [5.74, 6) is 1.01. The van der Waals surface area contributed by atoms with Crippen LogP contribution in [0.3, 0.4) is 0 Å². The van der Waals surface area contributed by atoms with E-state index in [2.05, 4.69) is 20.9 Å². The lowest BCUT2D eigenvalue weighted by Gasteiger charge is -2.11. The second-order valence-electron chi connectivity index (χ2n) is 6.67. The van der Waals surface area contributed by atoms with Gasteiger partial charge in [-0.25, -0.2) is 9.48 Å². The molecule has 0 atom stereocenters. The highest BCUT2D eigenvalue weighted by Gasteiger charge is 2.12. The number of methoxy groups -OCH3 is 2. The fourth-order valence-corrected chi connectivity index (χ4v) is 2.89. The van der Waals surface area contributed by atoms with Gasteiger partial charge >= 0.3 is 6.03 Å². The van der Waals surface area contributed by atoms with E-state index in [1.807, 2.05) is 0 Å². The van der Waals surface area contributed by atoms with Gasteiger partial charge in [0.2, 0.25) is 0 Å². The number of benzene rings is 2. The molecule has 3 aromatic rings. The van der Waals surface area contributed by atoms with Crippen molar-refractivity contribution in [1.29, 1.82) is 0 Å². The van der Waals surface area contributed by atoms with E-state index >= 15 is 0 Å². The minimum absolute atomic E-state index is 0.0973. The number of fused-ring (bicyclic) bond motifs is 1. The molecule has 0 aliphatic carbocycles. The van der Waals surface area contributed by atoms with Crippen LogP contribution in [-0.2, 0) is 6.54 Å². The summed E-state index contributed by atoms with van der Waals surface area (Å²) in [6.07, 6.45) is 0. The van der Waals surface area contributed by atoms with Gasteiger partial charge in [0, 0.05) is 38.0 Å². The van der Waals surface area contributed by atoms with Crippen molar-refractivity contribution in [3.8, 4) is 11.5 Å². The Morgan fingerprint density at radius 2 is 1.83 bits per heavy atom. The van der Waals surface area contributed by atoms with Gasteiger partial charge < -0.3 is 25.0 Å². The van der Waals surface area contributed by atoms with Crippen LogP contribution in [0.5, 0.6) is 11.5 Å². The van der Waals surface area contributed by atoms with Crippen molar-refractivity contribution in [2.75, 3.05) is 40.2 Å². The molecule has 10 nitrogen and oxygen atoms in total. The van der Waals surface area contributed by atoms with Crippen LogP contribution in [0.2, 0.25) is 0 Å². The molecular weight excluding hydrogens is 388 g/mol. The lowest BCUT2D eigenvalue weighted by atomic mass is 10.2. The molecule has 0 bridgehead atoms. The molecule has 0 aliphatic heterocycles. The molecule has 0 aliphatic rings. The first-order valence-corrected chi connectivity index (χ1v) is 9.24. The fourth-order valence-electron chi connectivity index (χ4n) is 2.89. The summed E-state index contributed by atoms with van der Waals surface area (Å²) in [6, 6.07) is 10.0. The largest absolute Gasteiger partial charge is 0.493 e. The molecule has 0 unspecified atom stereocenters. The van der Waals surface area contributed by atoms with Gasteiger partial charge in [0.15, 0.2) is 11.5 Å². The second kappa shape index (κ2) is 9.12. The van der Waals surface area contributed by atoms with E-state index in [-0.39, 0.29) is 11.9 Å². The van der Waals surface area contributed by atoms with Gasteiger partial charge in [-0.2, -0.15) is 0 Å². The molecule has 10 heteroatoms. The van der Waals surface area contributed by atoms with Crippen molar-refractivity contribution in [3.05, 3.63) is 42.0 Å². The lowest BCUT2D eigenvalue weighted by molar-refractivity contribution is 0.0827. The number of carbonyl (C=O) groups excluding carboxylic acids is 2. The predicted octanol–water partition coefficient (Wildman–Crippen LogP) is 1.97. The Labute approximate surface area is 173 Å². The Hall–Kier alpha value is -3.82. The SMILES string of the molecule is COc1ccc(NC(=O)NCCn2nnc3cc(C(=O)N(C)C)ccc32)cc1OC. The minimum atomic E-state index is -0.356. The summed E-state index contributed by atoms with van der Waals surface area (Å²) < 4.78 is 12.1. The minimum Gasteiger partial charge on any atom is -0.493 e. The fraction of sp³-hybridized carbons (Fsp3) is 0.300. The quantitative estimate of drug-likeness (QED) is 0.614. The number of hydrogen-bond donors (Lipinski definition) is 2. The lowest BCUT2D eigenvalue weighted by Crippen LogP contribution is -2.31. The number of aromatic nitrogens is 3. The zero-order chi connectivity index (χ0) is 21.7. The van der Waals surface area contributed by atoms with Crippen molar-refractivity contribution in [2.24, 2.45) is 0 Å². The number of urea groups is 1. The number of anilines is 1. The number of amides is 3. The van der Waals surface area contributed by atoms with E-state index in [9.17, 15) is 9.59 Å². The van der Waals surface area contributed by atoms with Crippen LogP contribution in [0.4, 0.5) is 10.5 Å². The van der Waals surface area contributed by atoms with E-state index in [1.54, 1.807) is 62.3 Å². The molecule has 3 rings (SSSR count). The van der Waals surface area contributed by atoms with Crippen LogP contribution in [0.1, 0.15) is 10.4 Å². The summed E-state index contributed by atoms with van der Waals surface area (Å²) in [6.45, 7) is 0.771. The van der Waals surface area contributed by atoms with E-state index in [0.29, 0.717) is 41.4 Å². The Morgan fingerprint density at radius 3 is 2.53 bits per heavy atom. The van der Waals surface area contributed by atoms with E-state index in [1.165, 1.54) is 12.0 Å². The Bertz CT molecular complexity index is 1060. The average Bonchev–Trinajstić information content (AvgIpc) is 3.15. The number of ether oxygens (including phenoxy) is 2. The summed E-state index contributed by atoms with van der Waals surface area (Å²) in [5, 5.41) is 13.7. The average molecular weight is 412 g/mol. The van der Waals surface area contributed by atoms with Gasteiger partial charge in [-0.05, 0) is 30.3 Å². The molecule has 0 spiro atoms. The monoisotopic (exact) mass is 412 g/mol. The standard InChI is InChI=1S/C20H24N6O4/c1-25(2)19(27)13-5-7-16-15(11-13)23-24-26(16)10-9-21-20(28)22-14-6-8-17(29-3)18(12-14)30-4/h5-8,11-12H,9-10H2,1-4H3,(H2,21,22,28). The molecule has 0 fully saturated rings. The third-order valence-corrected chi connectivity index (χ3v) is 4.42. The van der Waals surface area contributed by atoms with Crippen LogP contribution in [-0.4, -0.2) is 66.7 Å². The molecule has 1 aromatic heterocycles. The number of carbonyl (C=O) groups is 2. The number of hydrogen-bond acceptors (Lipinski definition) is 6. The summed E-state index contributed by atoms with van der Waals surface area (Å²) in [7, 11) is 6.47. The number of nitrogens with one attached hydrogen (secondary N) is 2. The highest BCUT2D eigenvalue weighted by molar-refractivity contribution is 5.97. The summed E-state index contributed by atoms with van der Waals surface area (Å²) in [5.41, 5.74) is 2.53. The van der Waals surface area contributed by atoms with Gasteiger partial charge in [-0.15, -0.1) is 5.10 Å². The Morgan fingerprint density at radius 1 is 1.07 bits per heavy atom. The second-order valence-corrected chi connectivity index (χ2v) is 6.67. The highest BCUT2D eigenvalue weighted by Crippen LogP contribution is 2.29. The van der Waals surface area contributed by atoms with Gasteiger partial charge in [-0.1, -0.05) is 5.21 Å². The molecule has 30 heavy (non-hydrogen) atoms. The maximum atomic E-state index is 12.2. The van der Waals surface area contributed by atoms with Crippen molar-refractivity contribution in [2.45, 2.75) is 6.54 Å². The topological polar surface area (TPSA) is 111 Å². The van der Waals surface area contributed by atoms with Crippen molar-refractivity contribution in [1.82, 2.24) is 25.2 Å². The van der Waals surface area contributed by atoms with Crippen LogP contribution in [0.15, 0.2) is 36.4 Å². The third-order valence-electron chi connectivity index (χ3n) is 4.42. The molecule has 2 aromatic carbocycles. The molecule has 0 radical (unpaired) electrons. The Balaban J connectivity index is 1.58. The summed E-state index contributed by atoms with van der Waals surface area (Å²) in [4.78, 5) is 25.7. The first kappa shape index (κ1) is 20.9. The molecule has 0 saturated carbocycles. The van der Waals surface area contributed by atoms with E-state index in [0.717, 1.165) is 5.52 Å². The molecule has 0 saturated heterocycles. The smallest absolute Gasteiger partial charge is 0.319 e. The van der Waals surface area contributed by atoms with E-state index < -0.39 is 0 Å². The first-order chi connectivity index (χ1) is 14.4. The first-order valence-electron chi connectivity index (χ1n) is 9.24. The highest BCUT2D eigenvalue weighted by atomic mass is 16.5. The van der Waals surface area contributed by atoms with Crippen LogP contribution >= 0.6 is 0 Å². The van der Waals surface area contributed by atoms with Crippen LogP contribution in [0.25, 0.3) is 11.0 Å². The maximum Gasteiger partial charge on any atom is 0.319 e. The number of nitrogens with zero attached hydrogens (tertiary/aromatic N) is 4. The van der Waals surface area contributed by atoms with E-state index in [4.69, 9.17) is 9.47 Å². The Kier molecular flexibility index (Phi) is 6.35. The van der Waals surface area contributed by atoms with Crippen molar-refractivity contribution >= 4 is 28.7 Å². The predicted molar refractivity (Wildman–Crippen MR) is 112 cm³/mol. The van der Waals surface area contributed by atoms with Gasteiger partial charge in [0.25, 0.3) is 5.91 Å². The zero-order valence-corrected chi connectivity index (χ0v) is 17.3. The van der Waals surface area contributed by atoms with Crippen LogP contribution < -0.4 is 20.1 Å². The third kappa shape index (κ3) is 4.59. The van der Waals surface area contributed by atoms with Crippen LogP contribution in [0, 0.1) is 0 Å². The maximum absolute atomic E-state index is 12.2. The van der Waals surface area contributed by atoms with Gasteiger partial charge in [-0.3, -0.25) is 4.79 Å². The molecule has 158 valence electrons. The summed E-state index contributed by atoms with van der Waals surface area (Å²) >= 11 is 0. The van der Waals surface area contributed by atoms with Gasteiger partial charge in [0.05, 0.1) is 26.3 Å².